The molecular formula is C14H21N7S. The maximum absolute atomic E-state index is 4.60. The van der Waals surface area contributed by atoms with E-state index in [2.05, 4.69) is 30.8 Å². The third kappa shape index (κ3) is 3.56. The van der Waals surface area contributed by atoms with E-state index in [1.807, 2.05) is 18.5 Å². The molecule has 118 valence electrons. The minimum absolute atomic E-state index is 0.837. The summed E-state index contributed by atoms with van der Waals surface area (Å²) in [6.07, 6.45) is 3.67. The fraction of sp³-hybridized carbons (Fsp3) is 0.571. The van der Waals surface area contributed by atoms with Gasteiger partial charge in [0.05, 0.1) is 5.69 Å². The van der Waals surface area contributed by atoms with Crippen LogP contribution >= 0.6 is 11.8 Å². The summed E-state index contributed by atoms with van der Waals surface area (Å²) >= 11 is 1.69. The number of nitrogens with zero attached hydrogens (tertiary/aromatic N) is 5. The van der Waals surface area contributed by atoms with E-state index in [4.69, 9.17) is 0 Å². The molecule has 2 aromatic heterocycles. The molecule has 3 rings (SSSR count). The molecule has 22 heavy (non-hydrogen) atoms. The van der Waals surface area contributed by atoms with Gasteiger partial charge in [0.2, 0.25) is 0 Å². The molecule has 3 heterocycles. The molecule has 1 aliphatic heterocycles. The summed E-state index contributed by atoms with van der Waals surface area (Å²) in [6, 6.07) is 0. The maximum Gasteiger partial charge on any atom is 0.190 e. The second-order valence-electron chi connectivity index (χ2n) is 5.29. The molecule has 0 unspecified atom stereocenters. The molecule has 0 atom stereocenters. The van der Waals surface area contributed by atoms with Crippen molar-refractivity contribution in [3.63, 3.8) is 0 Å². The Labute approximate surface area is 134 Å². The summed E-state index contributed by atoms with van der Waals surface area (Å²) < 4.78 is 1.93. The van der Waals surface area contributed by atoms with Crippen LogP contribution in [0.2, 0.25) is 0 Å². The monoisotopic (exact) mass is 319 g/mol. The van der Waals surface area contributed by atoms with Crippen LogP contribution in [-0.4, -0.2) is 50.1 Å². The lowest BCUT2D eigenvalue weighted by Crippen LogP contribution is -2.16. The Morgan fingerprint density at radius 1 is 1.32 bits per heavy atom. The number of thioether (sulfide) groups is 1. The number of nitrogens with one attached hydrogen (secondary N) is 2. The van der Waals surface area contributed by atoms with E-state index in [0.717, 1.165) is 55.0 Å². The van der Waals surface area contributed by atoms with Crippen LogP contribution in [-0.2, 0) is 19.9 Å². The zero-order valence-electron chi connectivity index (χ0n) is 13.0. The summed E-state index contributed by atoms with van der Waals surface area (Å²) in [7, 11) is 1.95. The van der Waals surface area contributed by atoms with E-state index in [0.29, 0.717) is 0 Å². The standard InChI is InChI=1S/C14H21N7S/c1-10-18-12-4-6-15-5-3-11(12)13(19-10)16-7-8-22-14-20-17-9-21(14)2/h9,15H,3-8H2,1-2H3,(H,16,18,19). The quantitative estimate of drug-likeness (QED) is 0.623. The second-order valence-corrected chi connectivity index (χ2v) is 6.36. The molecule has 0 bridgehead atoms. The van der Waals surface area contributed by atoms with Gasteiger partial charge in [0.15, 0.2) is 5.16 Å². The van der Waals surface area contributed by atoms with Gasteiger partial charge in [0, 0.05) is 37.9 Å². The molecular weight excluding hydrogens is 298 g/mol. The SMILES string of the molecule is Cc1nc2c(c(NCCSc3nncn3C)n1)CCNCC2. The van der Waals surface area contributed by atoms with Crippen molar-refractivity contribution < 1.29 is 0 Å². The number of anilines is 1. The average molecular weight is 319 g/mol. The highest BCUT2D eigenvalue weighted by atomic mass is 32.2. The lowest BCUT2D eigenvalue weighted by Gasteiger charge is -2.13. The zero-order valence-corrected chi connectivity index (χ0v) is 13.8. The van der Waals surface area contributed by atoms with Crippen molar-refractivity contribution in [2.24, 2.45) is 7.05 Å². The Balaban J connectivity index is 1.62. The van der Waals surface area contributed by atoms with Crippen LogP contribution in [0.1, 0.15) is 17.1 Å². The third-order valence-corrected chi connectivity index (χ3v) is 4.63. The average Bonchev–Trinajstić information content (AvgIpc) is 2.76. The molecule has 2 N–H and O–H groups in total. The van der Waals surface area contributed by atoms with Crippen molar-refractivity contribution in [3.05, 3.63) is 23.4 Å². The van der Waals surface area contributed by atoms with Crippen LogP contribution in [0.4, 0.5) is 5.82 Å². The van der Waals surface area contributed by atoms with Crippen molar-refractivity contribution in [3.8, 4) is 0 Å². The molecule has 0 amide bonds. The van der Waals surface area contributed by atoms with Crippen LogP contribution in [0.5, 0.6) is 0 Å². The predicted octanol–water partition coefficient (Wildman–Crippen LogP) is 0.806. The summed E-state index contributed by atoms with van der Waals surface area (Å²) in [5, 5.41) is 15.8. The summed E-state index contributed by atoms with van der Waals surface area (Å²) in [4.78, 5) is 9.18. The highest BCUT2D eigenvalue weighted by Gasteiger charge is 2.15. The van der Waals surface area contributed by atoms with Gasteiger partial charge < -0.3 is 15.2 Å². The molecule has 0 radical (unpaired) electrons. The van der Waals surface area contributed by atoms with Crippen molar-refractivity contribution in [1.29, 1.82) is 0 Å². The van der Waals surface area contributed by atoms with Gasteiger partial charge in [-0.15, -0.1) is 10.2 Å². The normalized spacial score (nSPS) is 14.5. The number of hydrogen-bond acceptors (Lipinski definition) is 7. The maximum atomic E-state index is 4.60. The van der Waals surface area contributed by atoms with Gasteiger partial charge in [-0.2, -0.15) is 0 Å². The first kappa shape index (κ1) is 15.2. The molecule has 0 spiro atoms. The lowest BCUT2D eigenvalue weighted by atomic mass is 10.1. The fourth-order valence-electron chi connectivity index (χ4n) is 2.53. The molecule has 0 aliphatic carbocycles. The first-order chi connectivity index (χ1) is 10.7. The van der Waals surface area contributed by atoms with E-state index >= 15 is 0 Å². The Hall–Kier alpha value is -1.67. The van der Waals surface area contributed by atoms with Gasteiger partial charge in [-0.25, -0.2) is 9.97 Å². The predicted molar refractivity (Wildman–Crippen MR) is 87.3 cm³/mol. The van der Waals surface area contributed by atoms with E-state index in [1.54, 1.807) is 18.1 Å². The molecule has 0 saturated heterocycles. The van der Waals surface area contributed by atoms with E-state index < -0.39 is 0 Å². The van der Waals surface area contributed by atoms with E-state index in [-0.39, 0.29) is 0 Å². The number of aromatic nitrogens is 5. The number of rotatable bonds is 5. The van der Waals surface area contributed by atoms with Crippen LogP contribution in [0.25, 0.3) is 0 Å². The van der Waals surface area contributed by atoms with Crippen LogP contribution in [0, 0.1) is 6.92 Å². The van der Waals surface area contributed by atoms with Crippen molar-refractivity contribution in [1.82, 2.24) is 30.0 Å². The lowest BCUT2D eigenvalue weighted by molar-refractivity contribution is 0.708. The van der Waals surface area contributed by atoms with Gasteiger partial charge in [-0.3, -0.25) is 0 Å². The molecule has 0 fully saturated rings. The molecule has 8 heteroatoms. The highest BCUT2D eigenvalue weighted by Crippen LogP contribution is 2.20. The largest absolute Gasteiger partial charge is 0.369 e. The Morgan fingerprint density at radius 3 is 3.00 bits per heavy atom. The molecule has 0 saturated carbocycles. The molecule has 2 aromatic rings. The van der Waals surface area contributed by atoms with Crippen LogP contribution < -0.4 is 10.6 Å². The Kier molecular flexibility index (Phi) is 4.89. The fourth-order valence-corrected chi connectivity index (χ4v) is 3.27. The topological polar surface area (TPSA) is 80.6 Å². The Bertz CT molecular complexity index is 640. The molecule has 7 nitrogen and oxygen atoms in total. The first-order valence-electron chi connectivity index (χ1n) is 7.52. The van der Waals surface area contributed by atoms with Crippen LogP contribution in [0.3, 0.4) is 0 Å². The number of fused-ring (bicyclic) bond motifs is 1. The summed E-state index contributed by atoms with van der Waals surface area (Å²) in [6.45, 7) is 4.78. The minimum Gasteiger partial charge on any atom is -0.369 e. The van der Waals surface area contributed by atoms with E-state index in [1.165, 1.54) is 11.3 Å². The smallest absolute Gasteiger partial charge is 0.190 e. The van der Waals surface area contributed by atoms with Gasteiger partial charge >= 0.3 is 0 Å². The van der Waals surface area contributed by atoms with Crippen LogP contribution in [0.15, 0.2) is 11.5 Å². The van der Waals surface area contributed by atoms with Crippen molar-refractivity contribution >= 4 is 17.6 Å². The van der Waals surface area contributed by atoms with Gasteiger partial charge in [0.25, 0.3) is 0 Å². The van der Waals surface area contributed by atoms with E-state index in [9.17, 15) is 0 Å². The van der Waals surface area contributed by atoms with Crippen molar-refractivity contribution in [2.75, 3.05) is 30.7 Å². The van der Waals surface area contributed by atoms with Crippen molar-refractivity contribution in [2.45, 2.75) is 24.9 Å². The number of aryl methyl sites for hydroxylation is 2. The molecule has 1 aliphatic rings. The first-order valence-corrected chi connectivity index (χ1v) is 8.50. The minimum atomic E-state index is 0.837. The highest BCUT2D eigenvalue weighted by molar-refractivity contribution is 7.99. The van der Waals surface area contributed by atoms with Gasteiger partial charge in [-0.1, -0.05) is 11.8 Å². The van der Waals surface area contributed by atoms with Gasteiger partial charge in [0.1, 0.15) is 18.0 Å². The summed E-state index contributed by atoms with van der Waals surface area (Å²) in [5.74, 6) is 2.75. The van der Waals surface area contributed by atoms with Gasteiger partial charge in [-0.05, 0) is 19.9 Å². The zero-order chi connectivity index (χ0) is 15.4. The Morgan fingerprint density at radius 2 is 2.18 bits per heavy atom. The second kappa shape index (κ2) is 7.06. The number of hydrogen-bond donors (Lipinski definition) is 2. The molecule has 0 aromatic carbocycles. The summed E-state index contributed by atoms with van der Waals surface area (Å²) in [5.41, 5.74) is 2.44. The third-order valence-electron chi connectivity index (χ3n) is 3.59.